The second kappa shape index (κ2) is 8.28. The van der Waals surface area contributed by atoms with E-state index in [1.165, 1.54) is 0 Å². The van der Waals surface area contributed by atoms with Gasteiger partial charge in [-0.25, -0.2) is 9.59 Å². The summed E-state index contributed by atoms with van der Waals surface area (Å²) < 4.78 is 1.55. The van der Waals surface area contributed by atoms with Crippen molar-refractivity contribution in [1.82, 2.24) is 25.1 Å². The molecule has 0 radical (unpaired) electrons. The Hall–Kier alpha value is -3.81. The second-order valence-corrected chi connectivity index (χ2v) is 7.27. The van der Waals surface area contributed by atoms with E-state index in [4.69, 9.17) is 0 Å². The van der Waals surface area contributed by atoms with Crippen LogP contribution in [0.5, 0.6) is 0 Å². The Labute approximate surface area is 173 Å². The highest BCUT2D eigenvalue weighted by molar-refractivity contribution is 5.94. The van der Waals surface area contributed by atoms with Gasteiger partial charge in [0, 0.05) is 43.6 Å². The molecule has 0 spiro atoms. The molecule has 0 aliphatic carbocycles. The molecule has 3 aromatic rings. The summed E-state index contributed by atoms with van der Waals surface area (Å²) >= 11 is 0. The number of rotatable bonds is 6. The Morgan fingerprint density at radius 3 is 2.33 bits per heavy atom. The number of hydrogen-bond donors (Lipinski definition) is 3. The highest BCUT2D eigenvalue weighted by atomic mass is 16.2. The van der Waals surface area contributed by atoms with Crippen molar-refractivity contribution in [3.8, 4) is 5.69 Å². The minimum Gasteiger partial charge on any atom is -0.348 e. The lowest BCUT2D eigenvalue weighted by Crippen LogP contribution is -2.27. The van der Waals surface area contributed by atoms with Crippen molar-refractivity contribution in [2.45, 2.75) is 20.0 Å². The standard InChI is InChI=1S/C22H23N5O3/c1-15-12-25-22(30)27(15)19-8-6-18(7-9-19)20(28)24-13-16-2-4-17(5-3-16)14-26-11-10-23-21(26)29/h2-9,12H,10-11,13-14H2,1H3,(H,23,29)(H,24,28)(H,25,30). The van der Waals surface area contributed by atoms with Gasteiger partial charge in [0.25, 0.3) is 5.91 Å². The molecule has 0 unspecified atom stereocenters. The zero-order valence-electron chi connectivity index (χ0n) is 16.6. The summed E-state index contributed by atoms with van der Waals surface area (Å²) in [4.78, 5) is 40.3. The third kappa shape index (κ3) is 4.12. The molecule has 8 heteroatoms. The summed E-state index contributed by atoms with van der Waals surface area (Å²) in [5, 5.41) is 5.69. The molecule has 3 N–H and O–H groups in total. The Bertz CT molecular complexity index is 1110. The number of hydrogen-bond acceptors (Lipinski definition) is 3. The van der Waals surface area contributed by atoms with Crippen LogP contribution in [-0.2, 0) is 13.1 Å². The first-order valence-corrected chi connectivity index (χ1v) is 9.77. The van der Waals surface area contributed by atoms with Crippen molar-refractivity contribution >= 4 is 11.9 Å². The van der Waals surface area contributed by atoms with Crippen molar-refractivity contribution < 1.29 is 9.59 Å². The molecule has 154 valence electrons. The summed E-state index contributed by atoms with van der Waals surface area (Å²) in [5.41, 5.74) is 3.84. The largest absolute Gasteiger partial charge is 0.348 e. The van der Waals surface area contributed by atoms with Crippen LogP contribution in [0.1, 0.15) is 27.2 Å². The smallest absolute Gasteiger partial charge is 0.330 e. The molecule has 0 bridgehead atoms. The van der Waals surface area contributed by atoms with Crippen LogP contribution in [-0.4, -0.2) is 39.5 Å². The molecule has 30 heavy (non-hydrogen) atoms. The lowest BCUT2D eigenvalue weighted by molar-refractivity contribution is 0.0951. The number of aromatic amines is 1. The first-order chi connectivity index (χ1) is 14.5. The topological polar surface area (TPSA) is 99.2 Å². The highest BCUT2D eigenvalue weighted by Gasteiger charge is 2.19. The minimum absolute atomic E-state index is 0.0334. The van der Waals surface area contributed by atoms with Gasteiger partial charge in [-0.05, 0) is 42.3 Å². The summed E-state index contributed by atoms with van der Waals surface area (Å²) in [7, 11) is 0. The minimum atomic E-state index is -0.210. The average Bonchev–Trinajstić information content (AvgIpc) is 3.31. The predicted molar refractivity (Wildman–Crippen MR) is 113 cm³/mol. The highest BCUT2D eigenvalue weighted by Crippen LogP contribution is 2.12. The fraction of sp³-hybridized carbons (Fsp3) is 0.227. The second-order valence-electron chi connectivity index (χ2n) is 7.27. The lowest BCUT2D eigenvalue weighted by Gasteiger charge is -2.14. The van der Waals surface area contributed by atoms with Gasteiger partial charge in [0.15, 0.2) is 0 Å². The molecular formula is C22H23N5O3. The van der Waals surface area contributed by atoms with E-state index in [1.807, 2.05) is 31.2 Å². The van der Waals surface area contributed by atoms with Crippen molar-refractivity contribution in [3.63, 3.8) is 0 Å². The Morgan fingerprint density at radius 2 is 1.73 bits per heavy atom. The number of carbonyl (C=O) groups excluding carboxylic acids is 2. The molecule has 4 rings (SSSR count). The van der Waals surface area contributed by atoms with Crippen LogP contribution >= 0.6 is 0 Å². The van der Waals surface area contributed by atoms with E-state index in [1.54, 1.807) is 39.9 Å². The zero-order valence-corrected chi connectivity index (χ0v) is 16.6. The van der Waals surface area contributed by atoms with E-state index in [9.17, 15) is 14.4 Å². The van der Waals surface area contributed by atoms with Crippen LogP contribution in [0.25, 0.3) is 5.69 Å². The fourth-order valence-corrected chi connectivity index (χ4v) is 3.47. The van der Waals surface area contributed by atoms with Crippen molar-refractivity contribution in [2.24, 2.45) is 0 Å². The van der Waals surface area contributed by atoms with Crippen LogP contribution in [0.3, 0.4) is 0 Å². The first-order valence-electron chi connectivity index (χ1n) is 9.77. The number of carbonyl (C=O) groups is 2. The number of urea groups is 1. The third-order valence-electron chi connectivity index (χ3n) is 5.14. The van der Waals surface area contributed by atoms with E-state index in [0.29, 0.717) is 37.4 Å². The maximum absolute atomic E-state index is 12.4. The average molecular weight is 405 g/mol. The van der Waals surface area contributed by atoms with Gasteiger partial charge in [-0.1, -0.05) is 24.3 Å². The first kappa shape index (κ1) is 19.5. The molecule has 3 amide bonds. The molecule has 8 nitrogen and oxygen atoms in total. The normalized spacial score (nSPS) is 13.4. The van der Waals surface area contributed by atoms with Gasteiger partial charge in [-0.3, -0.25) is 9.36 Å². The Kier molecular flexibility index (Phi) is 5.38. The zero-order chi connectivity index (χ0) is 21.1. The number of nitrogens with zero attached hydrogens (tertiary/aromatic N) is 2. The quantitative estimate of drug-likeness (QED) is 0.584. The van der Waals surface area contributed by atoms with E-state index in [2.05, 4.69) is 15.6 Å². The van der Waals surface area contributed by atoms with Gasteiger partial charge < -0.3 is 20.5 Å². The molecule has 1 fully saturated rings. The fourth-order valence-electron chi connectivity index (χ4n) is 3.47. The van der Waals surface area contributed by atoms with E-state index in [0.717, 1.165) is 16.8 Å². The number of amides is 3. The van der Waals surface area contributed by atoms with Crippen molar-refractivity contribution in [3.05, 3.63) is 87.6 Å². The van der Waals surface area contributed by atoms with E-state index >= 15 is 0 Å². The van der Waals surface area contributed by atoms with Crippen molar-refractivity contribution in [2.75, 3.05) is 13.1 Å². The number of nitrogens with one attached hydrogen (secondary N) is 3. The van der Waals surface area contributed by atoms with Gasteiger partial charge in [-0.2, -0.15) is 0 Å². The maximum Gasteiger partial charge on any atom is 0.330 e. The van der Waals surface area contributed by atoms with Crippen molar-refractivity contribution in [1.29, 1.82) is 0 Å². The van der Waals surface area contributed by atoms with Crippen LogP contribution in [0, 0.1) is 6.92 Å². The van der Waals surface area contributed by atoms with Crippen LogP contribution in [0.4, 0.5) is 4.79 Å². The molecule has 2 heterocycles. The molecular weight excluding hydrogens is 382 g/mol. The SMILES string of the molecule is Cc1c[nH]c(=O)n1-c1ccc(C(=O)NCc2ccc(CN3CCNC3=O)cc2)cc1. The summed E-state index contributed by atoms with van der Waals surface area (Å²) in [6.07, 6.45) is 1.65. The van der Waals surface area contributed by atoms with Gasteiger partial charge in [-0.15, -0.1) is 0 Å². The number of imidazole rings is 1. The summed E-state index contributed by atoms with van der Waals surface area (Å²) in [6, 6.07) is 14.7. The summed E-state index contributed by atoms with van der Waals surface area (Å²) in [6.45, 7) is 4.22. The third-order valence-corrected chi connectivity index (χ3v) is 5.14. The monoisotopic (exact) mass is 405 g/mol. The summed E-state index contributed by atoms with van der Waals surface area (Å²) in [5.74, 6) is -0.183. The van der Waals surface area contributed by atoms with E-state index in [-0.39, 0.29) is 17.6 Å². The molecule has 1 saturated heterocycles. The number of aryl methyl sites for hydroxylation is 1. The van der Waals surface area contributed by atoms with Gasteiger partial charge >= 0.3 is 11.7 Å². The Balaban J connectivity index is 1.34. The molecule has 2 aromatic carbocycles. The Morgan fingerprint density at radius 1 is 1.03 bits per heavy atom. The van der Waals surface area contributed by atoms with Crippen LogP contribution < -0.4 is 16.3 Å². The molecule has 1 aliphatic heterocycles. The lowest BCUT2D eigenvalue weighted by atomic mass is 10.1. The number of H-pyrrole nitrogens is 1. The predicted octanol–water partition coefficient (Wildman–Crippen LogP) is 1.93. The van der Waals surface area contributed by atoms with Crippen LogP contribution in [0.2, 0.25) is 0 Å². The van der Waals surface area contributed by atoms with Gasteiger partial charge in [0.2, 0.25) is 0 Å². The van der Waals surface area contributed by atoms with Crippen LogP contribution in [0.15, 0.2) is 59.5 Å². The van der Waals surface area contributed by atoms with Gasteiger partial charge in [0.05, 0.1) is 5.69 Å². The molecule has 1 aromatic heterocycles. The molecule has 1 aliphatic rings. The molecule has 0 atom stereocenters. The molecule has 0 saturated carbocycles. The number of benzene rings is 2. The maximum atomic E-state index is 12.4. The number of aromatic nitrogens is 2. The van der Waals surface area contributed by atoms with Gasteiger partial charge in [0.1, 0.15) is 0 Å². The van der Waals surface area contributed by atoms with E-state index < -0.39 is 0 Å².